The topological polar surface area (TPSA) is 45.2 Å². The van der Waals surface area contributed by atoms with Crippen molar-refractivity contribution in [3.63, 3.8) is 0 Å². The number of fused-ring (bicyclic) bond motifs is 1. The van der Waals surface area contributed by atoms with Crippen molar-refractivity contribution in [2.24, 2.45) is 0 Å². The van der Waals surface area contributed by atoms with Crippen LogP contribution in [-0.4, -0.2) is 17.2 Å². The molecular formula is C17H17NO2S. The highest BCUT2D eigenvalue weighted by Crippen LogP contribution is 2.38. The van der Waals surface area contributed by atoms with Gasteiger partial charge in [-0.2, -0.15) is 0 Å². The zero-order valence-electron chi connectivity index (χ0n) is 12.0. The molecule has 0 aliphatic rings. The quantitative estimate of drug-likeness (QED) is 0.751. The summed E-state index contributed by atoms with van der Waals surface area (Å²) in [7, 11) is 1.62. The number of methoxy groups -OCH3 is 1. The number of hydrogen-bond donors (Lipinski definition) is 2. The smallest absolute Gasteiger partial charge is 0.125 e. The largest absolute Gasteiger partial charge is 0.496 e. The molecule has 2 aromatic carbocycles. The van der Waals surface area contributed by atoms with Gasteiger partial charge in [-0.1, -0.05) is 36.0 Å². The molecule has 0 bridgehead atoms. The minimum absolute atomic E-state index is 0.576. The van der Waals surface area contributed by atoms with Gasteiger partial charge < -0.3 is 14.8 Å². The fraction of sp³-hybridized carbons (Fsp3) is 0.176. The second-order valence-electron chi connectivity index (χ2n) is 4.87. The Morgan fingerprint density at radius 2 is 1.95 bits per heavy atom. The number of nitrogens with one attached hydrogen (secondary N) is 1. The molecule has 0 fully saturated rings. The lowest BCUT2D eigenvalue weighted by Gasteiger charge is -2.15. The highest BCUT2D eigenvalue weighted by atomic mass is 32.2. The van der Waals surface area contributed by atoms with E-state index in [4.69, 9.17) is 4.74 Å². The molecule has 0 saturated carbocycles. The molecule has 0 spiro atoms. The zero-order chi connectivity index (χ0) is 14.8. The molecule has 2 N–H and O–H groups in total. The number of para-hydroxylation sites is 1. The zero-order valence-corrected chi connectivity index (χ0v) is 12.8. The van der Waals surface area contributed by atoms with Crippen LogP contribution in [0.1, 0.15) is 18.6 Å². The van der Waals surface area contributed by atoms with E-state index >= 15 is 0 Å². The molecule has 1 atom stereocenters. The van der Waals surface area contributed by atoms with E-state index in [1.165, 1.54) is 5.39 Å². The lowest BCUT2D eigenvalue weighted by atomic mass is 10.1. The summed E-state index contributed by atoms with van der Waals surface area (Å²) < 4.78 is 5.36. The van der Waals surface area contributed by atoms with Crippen LogP contribution in [0.4, 0.5) is 0 Å². The van der Waals surface area contributed by atoms with E-state index < -0.39 is 6.10 Å². The Morgan fingerprint density at radius 3 is 2.67 bits per heavy atom. The summed E-state index contributed by atoms with van der Waals surface area (Å²) in [4.78, 5) is 4.38. The number of aromatic amines is 1. The van der Waals surface area contributed by atoms with Crippen LogP contribution in [0.2, 0.25) is 0 Å². The van der Waals surface area contributed by atoms with Gasteiger partial charge in [0.25, 0.3) is 0 Å². The molecule has 0 aliphatic carbocycles. The van der Waals surface area contributed by atoms with Gasteiger partial charge in [0.2, 0.25) is 0 Å². The minimum Gasteiger partial charge on any atom is -0.496 e. The second kappa shape index (κ2) is 5.84. The third kappa shape index (κ3) is 2.77. The number of aliphatic hydroxyl groups excluding tert-OH is 1. The number of aliphatic hydroxyl groups is 1. The first-order chi connectivity index (χ1) is 10.2. The Balaban J connectivity index is 2.01. The molecule has 21 heavy (non-hydrogen) atoms. The lowest BCUT2D eigenvalue weighted by Crippen LogP contribution is -1.98. The standard InChI is InChI=1S/C17H17NO2S/c1-11(19)17-14(20-2)8-5-9-15(17)21-16-10-12-6-3-4-7-13(12)18-16/h3-11,18-19H,1-2H3/t11-/m1/s1. The van der Waals surface area contributed by atoms with E-state index in [1.807, 2.05) is 30.3 Å². The summed E-state index contributed by atoms with van der Waals surface area (Å²) in [6.07, 6.45) is -0.576. The van der Waals surface area contributed by atoms with Gasteiger partial charge in [0, 0.05) is 21.4 Å². The predicted molar refractivity (Wildman–Crippen MR) is 86.0 cm³/mol. The Morgan fingerprint density at radius 1 is 1.14 bits per heavy atom. The van der Waals surface area contributed by atoms with Crippen LogP contribution >= 0.6 is 11.8 Å². The maximum atomic E-state index is 10.0. The molecule has 0 aliphatic heterocycles. The molecular weight excluding hydrogens is 282 g/mol. The third-order valence-electron chi connectivity index (χ3n) is 3.39. The summed E-state index contributed by atoms with van der Waals surface area (Å²) in [6.45, 7) is 1.76. The third-order valence-corrected chi connectivity index (χ3v) is 4.40. The van der Waals surface area contributed by atoms with Gasteiger partial charge in [-0.3, -0.25) is 0 Å². The molecule has 3 aromatic rings. The van der Waals surface area contributed by atoms with E-state index in [0.29, 0.717) is 5.75 Å². The maximum absolute atomic E-state index is 10.0. The van der Waals surface area contributed by atoms with Crippen molar-refractivity contribution in [1.82, 2.24) is 4.98 Å². The van der Waals surface area contributed by atoms with Crippen LogP contribution in [0.15, 0.2) is 58.5 Å². The normalized spacial score (nSPS) is 12.5. The summed E-state index contributed by atoms with van der Waals surface area (Å²) in [5.41, 5.74) is 1.94. The van der Waals surface area contributed by atoms with E-state index in [1.54, 1.807) is 25.8 Å². The first kappa shape index (κ1) is 14.0. The van der Waals surface area contributed by atoms with Crippen molar-refractivity contribution in [3.05, 3.63) is 54.1 Å². The van der Waals surface area contributed by atoms with Gasteiger partial charge in [-0.25, -0.2) is 0 Å². The molecule has 0 amide bonds. The Labute approximate surface area is 128 Å². The van der Waals surface area contributed by atoms with Gasteiger partial charge >= 0.3 is 0 Å². The molecule has 3 nitrogen and oxygen atoms in total. The molecule has 0 radical (unpaired) electrons. The Kier molecular flexibility index (Phi) is 3.90. The van der Waals surface area contributed by atoms with E-state index in [0.717, 1.165) is 21.0 Å². The van der Waals surface area contributed by atoms with Gasteiger partial charge in [0.1, 0.15) is 5.75 Å². The predicted octanol–water partition coefficient (Wildman–Crippen LogP) is 4.38. The molecule has 108 valence electrons. The van der Waals surface area contributed by atoms with Crippen LogP contribution in [-0.2, 0) is 0 Å². The van der Waals surface area contributed by atoms with Crippen molar-refractivity contribution in [1.29, 1.82) is 0 Å². The Bertz CT molecular complexity index is 731. The van der Waals surface area contributed by atoms with Gasteiger partial charge in [-0.15, -0.1) is 0 Å². The van der Waals surface area contributed by atoms with Crippen molar-refractivity contribution < 1.29 is 9.84 Å². The van der Waals surface area contributed by atoms with Crippen molar-refractivity contribution in [3.8, 4) is 5.75 Å². The number of H-pyrrole nitrogens is 1. The fourth-order valence-electron chi connectivity index (χ4n) is 2.42. The van der Waals surface area contributed by atoms with Gasteiger partial charge in [0.05, 0.1) is 18.2 Å². The molecule has 1 heterocycles. The van der Waals surface area contributed by atoms with E-state index in [9.17, 15) is 5.11 Å². The first-order valence-corrected chi connectivity index (χ1v) is 7.61. The summed E-state index contributed by atoms with van der Waals surface area (Å²) >= 11 is 1.60. The monoisotopic (exact) mass is 299 g/mol. The minimum atomic E-state index is -0.576. The maximum Gasteiger partial charge on any atom is 0.125 e. The SMILES string of the molecule is COc1cccc(Sc2cc3ccccc3[nH]2)c1[C@@H](C)O. The van der Waals surface area contributed by atoms with Gasteiger partial charge in [-0.05, 0) is 31.2 Å². The van der Waals surface area contributed by atoms with Crippen molar-refractivity contribution in [2.75, 3.05) is 7.11 Å². The highest BCUT2D eigenvalue weighted by molar-refractivity contribution is 7.99. The van der Waals surface area contributed by atoms with Crippen molar-refractivity contribution in [2.45, 2.75) is 22.9 Å². The summed E-state index contributed by atoms with van der Waals surface area (Å²) in [5, 5.41) is 12.3. The highest BCUT2D eigenvalue weighted by Gasteiger charge is 2.15. The van der Waals surface area contributed by atoms with Gasteiger partial charge in [0.15, 0.2) is 0 Å². The van der Waals surface area contributed by atoms with Crippen LogP contribution in [0.3, 0.4) is 0 Å². The number of hydrogen-bond acceptors (Lipinski definition) is 3. The lowest BCUT2D eigenvalue weighted by molar-refractivity contribution is 0.191. The number of ether oxygens (including phenoxy) is 1. The number of aromatic nitrogens is 1. The second-order valence-corrected chi connectivity index (χ2v) is 5.95. The summed E-state index contributed by atoms with van der Waals surface area (Å²) in [5.74, 6) is 0.714. The summed E-state index contributed by atoms with van der Waals surface area (Å²) in [6, 6.07) is 16.1. The molecule has 1 aromatic heterocycles. The van der Waals surface area contributed by atoms with Crippen LogP contribution in [0.25, 0.3) is 10.9 Å². The van der Waals surface area contributed by atoms with Crippen molar-refractivity contribution >= 4 is 22.7 Å². The van der Waals surface area contributed by atoms with E-state index in [2.05, 4.69) is 23.2 Å². The molecule has 3 rings (SSSR count). The van der Waals surface area contributed by atoms with E-state index in [-0.39, 0.29) is 0 Å². The average Bonchev–Trinajstić information content (AvgIpc) is 2.88. The van der Waals surface area contributed by atoms with Crippen LogP contribution < -0.4 is 4.74 Å². The molecule has 0 unspecified atom stereocenters. The number of benzene rings is 2. The first-order valence-electron chi connectivity index (χ1n) is 6.79. The van der Waals surface area contributed by atoms with Crippen LogP contribution in [0, 0.1) is 0 Å². The number of rotatable bonds is 4. The fourth-order valence-corrected chi connectivity index (χ4v) is 3.53. The molecule has 4 heteroatoms. The molecule has 0 saturated heterocycles. The Hall–Kier alpha value is -1.91. The average molecular weight is 299 g/mol. The van der Waals surface area contributed by atoms with Crippen LogP contribution in [0.5, 0.6) is 5.75 Å².